The maximum atomic E-state index is 6.00. The van der Waals surface area contributed by atoms with Crippen LogP contribution in [0.1, 0.15) is 19.3 Å². The molecule has 2 fully saturated rings. The van der Waals surface area contributed by atoms with Gasteiger partial charge in [-0.15, -0.1) is 0 Å². The molecule has 144 valence electrons. The highest BCUT2D eigenvalue weighted by atomic mass is 35.5. The van der Waals surface area contributed by atoms with Crippen molar-refractivity contribution < 1.29 is 4.74 Å². The van der Waals surface area contributed by atoms with E-state index in [9.17, 15) is 0 Å². The Morgan fingerprint density at radius 1 is 1.11 bits per heavy atom. The molecule has 0 amide bonds. The summed E-state index contributed by atoms with van der Waals surface area (Å²) in [6, 6.07) is 11.8. The highest BCUT2D eigenvalue weighted by Crippen LogP contribution is 2.47. The van der Waals surface area contributed by atoms with Gasteiger partial charge in [-0.25, -0.2) is 9.97 Å². The summed E-state index contributed by atoms with van der Waals surface area (Å²) in [6.07, 6.45) is 7.76. The van der Waals surface area contributed by atoms with Gasteiger partial charge >= 0.3 is 0 Å². The average molecular weight is 395 g/mol. The lowest BCUT2D eigenvalue weighted by atomic mass is 9.63. The Labute approximate surface area is 169 Å². The van der Waals surface area contributed by atoms with Crippen molar-refractivity contribution in [1.29, 1.82) is 0 Å². The SMILES string of the molecule is Clc1ccc(Nc2nccc3cc(OCCN4CC5(CCC5)C4)ccc23)cn1. The van der Waals surface area contributed by atoms with Crippen molar-refractivity contribution in [1.82, 2.24) is 14.9 Å². The molecule has 1 aromatic carbocycles. The molecule has 1 N–H and O–H groups in total. The third-order valence-electron chi connectivity index (χ3n) is 5.93. The fourth-order valence-corrected chi connectivity index (χ4v) is 4.39. The molecule has 0 bridgehead atoms. The highest BCUT2D eigenvalue weighted by molar-refractivity contribution is 6.29. The van der Waals surface area contributed by atoms with Crippen LogP contribution in [0.25, 0.3) is 10.8 Å². The smallest absolute Gasteiger partial charge is 0.138 e. The molecule has 2 aromatic heterocycles. The number of anilines is 2. The first-order valence-corrected chi connectivity index (χ1v) is 10.2. The van der Waals surface area contributed by atoms with E-state index in [0.717, 1.165) is 41.2 Å². The van der Waals surface area contributed by atoms with Crippen LogP contribution in [0.4, 0.5) is 11.5 Å². The van der Waals surface area contributed by atoms with Gasteiger partial charge in [-0.1, -0.05) is 18.0 Å². The van der Waals surface area contributed by atoms with Crippen molar-refractivity contribution in [3.05, 3.63) is 53.9 Å². The van der Waals surface area contributed by atoms with Crippen LogP contribution in [0, 0.1) is 5.41 Å². The van der Waals surface area contributed by atoms with Gasteiger partial charge in [0.15, 0.2) is 0 Å². The summed E-state index contributed by atoms with van der Waals surface area (Å²) >= 11 is 5.85. The van der Waals surface area contributed by atoms with E-state index < -0.39 is 0 Å². The quantitative estimate of drug-likeness (QED) is 0.603. The maximum Gasteiger partial charge on any atom is 0.138 e. The largest absolute Gasteiger partial charge is 0.492 e. The first-order chi connectivity index (χ1) is 13.7. The number of ether oxygens (including phenoxy) is 1. The Balaban J connectivity index is 1.22. The van der Waals surface area contributed by atoms with E-state index >= 15 is 0 Å². The molecule has 3 heterocycles. The molecule has 0 radical (unpaired) electrons. The van der Waals surface area contributed by atoms with Crippen LogP contribution in [0.15, 0.2) is 48.8 Å². The van der Waals surface area contributed by atoms with E-state index in [-0.39, 0.29) is 0 Å². The number of hydrogen-bond donors (Lipinski definition) is 1. The number of nitrogens with zero attached hydrogens (tertiary/aromatic N) is 3. The van der Waals surface area contributed by atoms with Crippen LogP contribution in [-0.2, 0) is 0 Å². The fourth-order valence-electron chi connectivity index (χ4n) is 4.28. The van der Waals surface area contributed by atoms with Crippen molar-refractivity contribution in [2.75, 3.05) is 31.6 Å². The second-order valence-electron chi connectivity index (χ2n) is 7.95. The predicted octanol–water partition coefficient (Wildman–Crippen LogP) is 4.89. The van der Waals surface area contributed by atoms with Gasteiger partial charge in [0.05, 0.1) is 11.9 Å². The van der Waals surface area contributed by atoms with Gasteiger partial charge in [-0.2, -0.15) is 0 Å². The number of hydrogen-bond acceptors (Lipinski definition) is 5. The number of fused-ring (bicyclic) bond motifs is 1. The van der Waals surface area contributed by atoms with Gasteiger partial charge in [0.25, 0.3) is 0 Å². The molecule has 6 heteroatoms. The number of nitrogens with one attached hydrogen (secondary N) is 1. The lowest BCUT2D eigenvalue weighted by Crippen LogP contribution is -2.60. The molecule has 5 nitrogen and oxygen atoms in total. The van der Waals surface area contributed by atoms with Crippen molar-refractivity contribution >= 4 is 33.9 Å². The van der Waals surface area contributed by atoms with Crippen LogP contribution in [-0.4, -0.2) is 41.1 Å². The second-order valence-corrected chi connectivity index (χ2v) is 8.34. The molecule has 1 aliphatic heterocycles. The van der Waals surface area contributed by atoms with E-state index in [4.69, 9.17) is 16.3 Å². The zero-order chi connectivity index (χ0) is 19.0. The van der Waals surface area contributed by atoms with Gasteiger partial charge in [-0.3, -0.25) is 4.90 Å². The summed E-state index contributed by atoms with van der Waals surface area (Å²) in [6.45, 7) is 4.25. The van der Waals surface area contributed by atoms with Crippen molar-refractivity contribution in [2.24, 2.45) is 5.41 Å². The minimum Gasteiger partial charge on any atom is -0.492 e. The van der Waals surface area contributed by atoms with Gasteiger partial charge in [-0.05, 0) is 60.0 Å². The van der Waals surface area contributed by atoms with Gasteiger partial charge in [0.2, 0.25) is 0 Å². The molecule has 28 heavy (non-hydrogen) atoms. The molecule has 1 aliphatic carbocycles. The topological polar surface area (TPSA) is 50.3 Å². The summed E-state index contributed by atoms with van der Waals surface area (Å²) < 4.78 is 6.00. The zero-order valence-corrected chi connectivity index (χ0v) is 16.5. The Morgan fingerprint density at radius 3 is 2.75 bits per heavy atom. The molecule has 3 aromatic rings. The van der Waals surface area contributed by atoms with E-state index in [1.54, 1.807) is 18.5 Å². The van der Waals surface area contributed by atoms with Crippen LogP contribution in [0.5, 0.6) is 5.75 Å². The lowest BCUT2D eigenvalue weighted by molar-refractivity contribution is -0.0636. The van der Waals surface area contributed by atoms with Crippen LogP contribution in [0.2, 0.25) is 5.15 Å². The number of aromatic nitrogens is 2. The molecule has 0 atom stereocenters. The summed E-state index contributed by atoms with van der Waals surface area (Å²) in [7, 11) is 0. The van der Waals surface area contributed by atoms with E-state index in [0.29, 0.717) is 10.6 Å². The first kappa shape index (κ1) is 17.7. The number of benzene rings is 1. The summed E-state index contributed by atoms with van der Waals surface area (Å²) in [4.78, 5) is 11.1. The van der Waals surface area contributed by atoms with Gasteiger partial charge < -0.3 is 10.1 Å². The predicted molar refractivity (Wildman–Crippen MR) is 112 cm³/mol. The zero-order valence-electron chi connectivity index (χ0n) is 15.7. The molecule has 1 saturated carbocycles. The van der Waals surface area contributed by atoms with Crippen molar-refractivity contribution in [2.45, 2.75) is 19.3 Å². The molecule has 0 unspecified atom stereocenters. The fraction of sp³-hybridized carbons (Fsp3) is 0.364. The van der Waals surface area contributed by atoms with Gasteiger partial charge in [0.1, 0.15) is 23.3 Å². The van der Waals surface area contributed by atoms with Crippen molar-refractivity contribution in [3.8, 4) is 5.75 Å². The molecule has 1 spiro atoms. The molecule has 1 saturated heterocycles. The normalized spacial score (nSPS) is 17.9. The monoisotopic (exact) mass is 394 g/mol. The van der Waals surface area contributed by atoms with Crippen LogP contribution >= 0.6 is 11.6 Å². The van der Waals surface area contributed by atoms with E-state index in [2.05, 4.69) is 32.3 Å². The van der Waals surface area contributed by atoms with E-state index in [1.807, 2.05) is 18.2 Å². The number of pyridine rings is 2. The summed E-state index contributed by atoms with van der Waals surface area (Å²) in [5, 5.41) is 5.91. The number of likely N-dealkylation sites (tertiary alicyclic amines) is 1. The lowest BCUT2D eigenvalue weighted by Gasteiger charge is -2.56. The number of rotatable bonds is 6. The van der Waals surface area contributed by atoms with Crippen LogP contribution < -0.4 is 10.1 Å². The highest BCUT2D eigenvalue weighted by Gasteiger charge is 2.46. The van der Waals surface area contributed by atoms with Crippen molar-refractivity contribution in [3.63, 3.8) is 0 Å². The second kappa shape index (κ2) is 7.22. The Hall–Kier alpha value is -2.37. The first-order valence-electron chi connectivity index (χ1n) is 9.82. The van der Waals surface area contributed by atoms with Gasteiger partial charge in [0, 0.05) is 31.2 Å². The third kappa shape index (κ3) is 3.52. The Bertz CT molecular complexity index is 979. The minimum absolute atomic E-state index is 0.472. The molecule has 2 aliphatic rings. The third-order valence-corrected chi connectivity index (χ3v) is 6.16. The molecule has 5 rings (SSSR count). The summed E-state index contributed by atoms with van der Waals surface area (Å²) in [5.74, 6) is 1.69. The van der Waals surface area contributed by atoms with Crippen LogP contribution in [0.3, 0.4) is 0 Å². The number of halogens is 1. The minimum atomic E-state index is 0.472. The Morgan fingerprint density at radius 2 is 2.00 bits per heavy atom. The molecular weight excluding hydrogens is 372 g/mol. The maximum absolute atomic E-state index is 6.00. The standard InChI is InChI=1S/C22H23ClN4O/c23-20-5-2-17(13-25-20)26-21-19-4-3-18(12-16(19)6-9-24-21)28-11-10-27-14-22(15-27)7-1-8-22/h2-6,9,12-13H,1,7-8,10-11,14-15H2,(H,24,26). The summed E-state index contributed by atoms with van der Waals surface area (Å²) in [5.41, 5.74) is 1.53. The molecular formula is C22H23ClN4O. The van der Waals surface area contributed by atoms with E-state index in [1.165, 1.54) is 32.4 Å². The Kier molecular flexibility index (Phi) is 4.57. The average Bonchev–Trinajstić information content (AvgIpc) is 2.64.